The van der Waals surface area contributed by atoms with E-state index in [0.717, 1.165) is 5.56 Å². The van der Waals surface area contributed by atoms with Crippen LogP contribution in [0.5, 0.6) is 0 Å². The van der Waals surface area contributed by atoms with E-state index in [2.05, 4.69) is 30.8 Å². The van der Waals surface area contributed by atoms with E-state index in [1.54, 1.807) is 12.1 Å². The van der Waals surface area contributed by atoms with Crippen LogP contribution in [-0.4, -0.2) is 27.4 Å². The highest BCUT2D eigenvalue weighted by atomic mass is 32.2. The molecule has 5 nitrogen and oxygen atoms in total. The van der Waals surface area contributed by atoms with Gasteiger partial charge in [0.1, 0.15) is 0 Å². The number of rotatable bonds is 7. The van der Waals surface area contributed by atoms with Gasteiger partial charge in [0.2, 0.25) is 15.9 Å². The van der Waals surface area contributed by atoms with Gasteiger partial charge in [0.15, 0.2) is 0 Å². The fourth-order valence-electron chi connectivity index (χ4n) is 2.18. The van der Waals surface area contributed by atoms with Crippen molar-refractivity contribution >= 4 is 15.9 Å². The molecule has 2 rings (SSSR count). The van der Waals surface area contributed by atoms with Crippen LogP contribution < -0.4 is 10.0 Å². The van der Waals surface area contributed by atoms with Crippen LogP contribution in [0.25, 0.3) is 0 Å². The summed E-state index contributed by atoms with van der Waals surface area (Å²) in [5.41, 5.74) is 1.06. The number of sulfonamides is 1. The van der Waals surface area contributed by atoms with Gasteiger partial charge in [-0.25, -0.2) is 13.1 Å². The molecule has 0 heterocycles. The van der Waals surface area contributed by atoms with Crippen molar-refractivity contribution in [3.63, 3.8) is 0 Å². The molecular weight excluding hydrogens is 312 g/mol. The Morgan fingerprint density at radius 3 is 2.30 bits per heavy atom. The molecule has 0 spiro atoms. The second kappa shape index (κ2) is 7.01. The summed E-state index contributed by atoms with van der Waals surface area (Å²) in [6.07, 6.45) is 2.51. The molecule has 0 saturated heterocycles. The molecule has 0 bridgehead atoms. The third-order valence-electron chi connectivity index (χ3n) is 3.96. The SMILES string of the molecule is CC(C)(C)c1ccc(S(=O)(=O)NCCC(=O)NCC2CC2)cc1. The van der Waals surface area contributed by atoms with Gasteiger partial charge >= 0.3 is 0 Å². The van der Waals surface area contributed by atoms with Gasteiger partial charge in [0.25, 0.3) is 0 Å². The van der Waals surface area contributed by atoms with E-state index < -0.39 is 10.0 Å². The van der Waals surface area contributed by atoms with Crippen LogP contribution in [0.1, 0.15) is 45.6 Å². The molecule has 1 aromatic carbocycles. The second-order valence-electron chi connectivity index (χ2n) is 7.17. The summed E-state index contributed by atoms with van der Waals surface area (Å²) in [7, 11) is -3.57. The number of benzene rings is 1. The van der Waals surface area contributed by atoms with E-state index >= 15 is 0 Å². The average molecular weight is 338 g/mol. The van der Waals surface area contributed by atoms with Crippen molar-refractivity contribution in [1.29, 1.82) is 0 Å². The fraction of sp³-hybridized carbons (Fsp3) is 0.588. The minimum Gasteiger partial charge on any atom is -0.356 e. The van der Waals surface area contributed by atoms with Gasteiger partial charge in [-0.2, -0.15) is 0 Å². The zero-order valence-electron chi connectivity index (χ0n) is 14.1. The molecule has 1 aliphatic carbocycles. The van der Waals surface area contributed by atoms with Crippen LogP contribution >= 0.6 is 0 Å². The molecule has 1 aliphatic rings. The molecule has 128 valence electrons. The fourth-order valence-corrected chi connectivity index (χ4v) is 3.22. The zero-order chi connectivity index (χ0) is 17.1. The Bertz CT molecular complexity index is 641. The second-order valence-corrected chi connectivity index (χ2v) is 8.94. The van der Waals surface area contributed by atoms with Gasteiger partial charge < -0.3 is 5.32 Å². The van der Waals surface area contributed by atoms with Gasteiger partial charge in [0.05, 0.1) is 4.90 Å². The lowest BCUT2D eigenvalue weighted by Crippen LogP contribution is -2.31. The quantitative estimate of drug-likeness (QED) is 0.800. The minimum absolute atomic E-state index is 0.0185. The lowest BCUT2D eigenvalue weighted by Gasteiger charge is -2.19. The summed E-state index contributed by atoms with van der Waals surface area (Å²) in [6, 6.07) is 6.87. The van der Waals surface area contributed by atoms with Crippen molar-refractivity contribution in [1.82, 2.24) is 10.0 Å². The van der Waals surface area contributed by atoms with Gasteiger partial charge in [-0.15, -0.1) is 0 Å². The number of carbonyl (C=O) groups excluding carboxylic acids is 1. The standard InChI is InChI=1S/C17H26N2O3S/c1-17(2,3)14-6-8-15(9-7-14)23(21,22)19-11-10-16(20)18-12-13-4-5-13/h6-9,13,19H,4-5,10-12H2,1-3H3,(H,18,20). The van der Waals surface area contributed by atoms with Crippen molar-refractivity contribution in [3.8, 4) is 0 Å². The van der Waals surface area contributed by atoms with Crippen molar-refractivity contribution in [2.24, 2.45) is 5.92 Å². The number of nitrogens with one attached hydrogen (secondary N) is 2. The van der Waals surface area contributed by atoms with Gasteiger partial charge in [-0.05, 0) is 41.9 Å². The zero-order valence-corrected chi connectivity index (χ0v) is 14.9. The smallest absolute Gasteiger partial charge is 0.240 e. The van der Waals surface area contributed by atoms with Crippen LogP contribution in [0.4, 0.5) is 0 Å². The Balaban J connectivity index is 1.84. The summed E-state index contributed by atoms with van der Waals surface area (Å²) in [4.78, 5) is 11.8. The van der Waals surface area contributed by atoms with E-state index in [9.17, 15) is 13.2 Å². The lowest BCUT2D eigenvalue weighted by atomic mass is 9.87. The molecule has 0 radical (unpaired) electrons. The summed E-state index contributed by atoms with van der Waals surface area (Å²) in [6.45, 7) is 7.05. The number of hydrogen-bond donors (Lipinski definition) is 2. The Labute approximate surface area is 138 Å². The summed E-state index contributed by atoms with van der Waals surface area (Å²) >= 11 is 0. The lowest BCUT2D eigenvalue weighted by molar-refractivity contribution is -0.120. The molecule has 1 aromatic rings. The van der Waals surface area contributed by atoms with Crippen molar-refractivity contribution in [3.05, 3.63) is 29.8 Å². The van der Waals surface area contributed by atoms with Crippen LogP contribution in [0, 0.1) is 5.92 Å². The van der Waals surface area contributed by atoms with Crippen LogP contribution in [0.2, 0.25) is 0 Å². The molecule has 1 amide bonds. The number of carbonyl (C=O) groups is 1. The van der Waals surface area contributed by atoms with Crippen molar-refractivity contribution < 1.29 is 13.2 Å². The molecule has 0 unspecified atom stereocenters. The van der Waals surface area contributed by atoms with Crippen molar-refractivity contribution in [2.75, 3.05) is 13.1 Å². The Morgan fingerprint density at radius 1 is 1.17 bits per heavy atom. The normalized spacial score (nSPS) is 15.4. The van der Waals surface area contributed by atoms with E-state index in [4.69, 9.17) is 0 Å². The van der Waals surface area contributed by atoms with E-state index in [1.807, 2.05) is 12.1 Å². The third-order valence-corrected chi connectivity index (χ3v) is 5.44. The predicted molar refractivity (Wildman–Crippen MR) is 90.7 cm³/mol. The van der Waals surface area contributed by atoms with E-state index in [-0.39, 0.29) is 29.2 Å². The molecule has 6 heteroatoms. The average Bonchev–Trinajstić information content (AvgIpc) is 3.28. The highest BCUT2D eigenvalue weighted by Crippen LogP contribution is 2.27. The minimum atomic E-state index is -3.57. The van der Waals surface area contributed by atoms with Gasteiger partial charge in [-0.3, -0.25) is 4.79 Å². The van der Waals surface area contributed by atoms with Crippen LogP contribution in [-0.2, 0) is 20.2 Å². The first kappa shape index (κ1) is 17.9. The van der Waals surface area contributed by atoms with Gasteiger partial charge in [-0.1, -0.05) is 32.9 Å². The molecule has 1 fully saturated rings. The van der Waals surface area contributed by atoms with Crippen molar-refractivity contribution in [2.45, 2.75) is 50.3 Å². The maximum atomic E-state index is 12.2. The summed E-state index contributed by atoms with van der Waals surface area (Å²) in [5, 5.41) is 2.82. The van der Waals surface area contributed by atoms with Crippen LogP contribution in [0.15, 0.2) is 29.2 Å². The number of hydrogen-bond acceptors (Lipinski definition) is 3. The number of amides is 1. The molecule has 0 aliphatic heterocycles. The Hall–Kier alpha value is -1.40. The molecule has 1 saturated carbocycles. The monoisotopic (exact) mass is 338 g/mol. The Kier molecular flexibility index (Phi) is 5.47. The summed E-state index contributed by atoms with van der Waals surface area (Å²) < 4.78 is 26.9. The van der Waals surface area contributed by atoms with Gasteiger partial charge in [0, 0.05) is 19.5 Å². The molecular formula is C17H26N2O3S. The molecule has 0 atom stereocenters. The highest BCUT2D eigenvalue weighted by Gasteiger charge is 2.22. The first-order chi connectivity index (χ1) is 10.7. The largest absolute Gasteiger partial charge is 0.356 e. The molecule has 23 heavy (non-hydrogen) atoms. The third kappa shape index (κ3) is 5.62. The maximum Gasteiger partial charge on any atom is 0.240 e. The first-order valence-corrected chi connectivity index (χ1v) is 9.54. The van der Waals surface area contributed by atoms with E-state index in [1.165, 1.54) is 12.8 Å². The predicted octanol–water partition coefficient (Wildman–Crippen LogP) is 2.18. The maximum absolute atomic E-state index is 12.2. The highest BCUT2D eigenvalue weighted by molar-refractivity contribution is 7.89. The van der Waals surface area contributed by atoms with Crippen LogP contribution in [0.3, 0.4) is 0 Å². The topological polar surface area (TPSA) is 75.3 Å². The Morgan fingerprint density at radius 2 is 1.78 bits per heavy atom. The van der Waals surface area contributed by atoms with E-state index in [0.29, 0.717) is 12.5 Å². The summed E-state index contributed by atoms with van der Waals surface area (Å²) in [5.74, 6) is 0.514. The first-order valence-electron chi connectivity index (χ1n) is 8.05. The molecule has 0 aromatic heterocycles. The molecule has 2 N–H and O–H groups in total.